The van der Waals surface area contributed by atoms with Gasteiger partial charge in [-0.25, -0.2) is 0 Å². The predicted octanol–water partition coefficient (Wildman–Crippen LogP) is 3.12. The van der Waals surface area contributed by atoms with Crippen molar-refractivity contribution >= 4 is 34.5 Å². The topological polar surface area (TPSA) is 41.3 Å². The first kappa shape index (κ1) is 16.2. The van der Waals surface area contributed by atoms with Gasteiger partial charge >= 0.3 is 0 Å². The predicted molar refractivity (Wildman–Crippen MR) is 88.2 cm³/mol. The fourth-order valence-corrected chi connectivity index (χ4v) is 2.25. The lowest BCUT2D eigenvalue weighted by molar-refractivity contribution is 0.261. The van der Waals surface area contributed by atoms with Crippen molar-refractivity contribution in [2.45, 2.75) is 26.3 Å². The summed E-state index contributed by atoms with van der Waals surface area (Å²) in [6.07, 6.45) is 1.16. The third-order valence-electron chi connectivity index (χ3n) is 3.37. The molecular formula is C14H22ClN3S. The number of likely N-dealkylation sites (N-methyl/N-ethyl adjacent to an activating group) is 1. The Morgan fingerprint density at radius 1 is 1.53 bits per heavy atom. The molecular weight excluding hydrogens is 278 g/mol. The molecule has 0 spiro atoms. The van der Waals surface area contributed by atoms with Crippen LogP contribution in [0.1, 0.15) is 25.8 Å². The Bertz CT molecular complexity index is 437. The fourth-order valence-electron chi connectivity index (χ4n) is 1.73. The Kier molecular flexibility index (Phi) is 6.55. The summed E-state index contributed by atoms with van der Waals surface area (Å²) in [4.78, 5) is 2.66. The first-order valence-electron chi connectivity index (χ1n) is 6.49. The van der Waals surface area contributed by atoms with Crippen LogP contribution in [0.5, 0.6) is 0 Å². The molecule has 0 bridgehead atoms. The zero-order chi connectivity index (χ0) is 14.4. The van der Waals surface area contributed by atoms with Gasteiger partial charge in [0.2, 0.25) is 0 Å². The van der Waals surface area contributed by atoms with E-state index < -0.39 is 0 Å². The van der Waals surface area contributed by atoms with Gasteiger partial charge in [0.05, 0.1) is 5.02 Å². The van der Waals surface area contributed by atoms with E-state index in [1.54, 1.807) is 0 Å². The van der Waals surface area contributed by atoms with Crippen LogP contribution < -0.4 is 11.1 Å². The molecule has 0 heterocycles. The highest BCUT2D eigenvalue weighted by molar-refractivity contribution is 7.80. The molecule has 3 N–H and O–H groups in total. The van der Waals surface area contributed by atoms with Crippen molar-refractivity contribution in [2.24, 2.45) is 5.73 Å². The Morgan fingerprint density at radius 2 is 2.21 bits per heavy atom. The summed E-state index contributed by atoms with van der Waals surface area (Å²) in [5, 5.41) is 3.94. The zero-order valence-corrected chi connectivity index (χ0v) is 13.3. The largest absolute Gasteiger partial charge is 0.389 e. The molecule has 19 heavy (non-hydrogen) atoms. The maximum Gasteiger partial charge on any atom is 0.105 e. The third kappa shape index (κ3) is 4.97. The van der Waals surface area contributed by atoms with E-state index in [-0.39, 0.29) is 0 Å². The fraction of sp³-hybridized carbons (Fsp3) is 0.500. The first-order chi connectivity index (χ1) is 8.95. The second-order valence-corrected chi connectivity index (χ2v) is 5.57. The molecule has 0 aliphatic heterocycles. The van der Waals surface area contributed by atoms with E-state index in [1.165, 1.54) is 0 Å². The molecule has 1 aromatic carbocycles. The monoisotopic (exact) mass is 299 g/mol. The number of anilines is 1. The molecule has 0 amide bonds. The van der Waals surface area contributed by atoms with Crippen molar-refractivity contribution in [3.63, 3.8) is 0 Å². The number of rotatable bonds is 7. The zero-order valence-electron chi connectivity index (χ0n) is 11.7. The molecule has 0 saturated heterocycles. The van der Waals surface area contributed by atoms with Crippen molar-refractivity contribution in [2.75, 3.05) is 25.5 Å². The minimum absolute atomic E-state index is 0.327. The van der Waals surface area contributed by atoms with E-state index >= 15 is 0 Å². The van der Waals surface area contributed by atoms with Gasteiger partial charge in [-0.1, -0.05) is 30.7 Å². The van der Waals surface area contributed by atoms with Crippen molar-refractivity contribution in [1.29, 1.82) is 0 Å². The Morgan fingerprint density at radius 3 is 2.74 bits per heavy atom. The van der Waals surface area contributed by atoms with Crippen LogP contribution in [0.3, 0.4) is 0 Å². The van der Waals surface area contributed by atoms with Gasteiger partial charge in [-0.3, -0.25) is 0 Å². The molecule has 0 aliphatic carbocycles. The van der Waals surface area contributed by atoms with Gasteiger partial charge < -0.3 is 16.0 Å². The molecule has 0 aromatic heterocycles. The van der Waals surface area contributed by atoms with E-state index in [0.29, 0.717) is 16.1 Å². The average molecular weight is 300 g/mol. The van der Waals surface area contributed by atoms with Gasteiger partial charge in [0.1, 0.15) is 4.99 Å². The number of thiocarbonyl (C=S) groups is 1. The van der Waals surface area contributed by atoms with Crippen LogP contribution >= 0.6 is 23.8 Å². The summed E-state index contributed by atoms with van der Waals surface area (Å²) in [5.41, 5.74) is 7.28. The van der Waals surface area contributed by atoms with Crippen molar-refractivity contribution < 1.29 is 0 Å². The first-order valence-corrected chi connectivity index (χ1v) is 7.27. The summed E-state index contributed by atoms with van der Waals surface area (Å²) in [6, 6.07) is 6.26. The van der Waals surface area contributed by atoms with Gasteiger partial charge in [0.25, 0.3) is 0 Å². The molecule has 1 rings (SSSR count). The van der Waals surface area contributed by atoms with E-state index in [0.717, 1.165) is 30.8 Å². The van der Waals surface area contributed by atoms with Gasteiger partial charge in [0.15, 0.2) is 0 Å². The summed E-state index contributed by atoms with van der Waals surface area (Å²) in [7, 11) is 2.14. The van der Waals surface area contributed by atoms with Crippen molar-refractivity contribution in [3.05, 3.63) is 28.8 Å². The smallest absolute Gasteiger partial charge is 0.105 e. The average Bonchev–Trinajstić information content (AvgIpc) is 2.37. The highest BCUT2D eigenvalue weighted by atomic mass is 35.5. The molecule has 1 unspecified atom stereocenters. The molecule has 1 aromatic rings. The van der Waals surface area contributed by atoms with Gasteiger partial charge in [-0.05, 0) is 38.6 Å². The molecule has 3 nitrogen and oxygen atoms in total. The second kappa shape index (κ2) is 7.68. The Balaban J connectivity index is 2.51. The lowest BCUT2D eigenvalue weighted by Crippen LogP contribution is -2.32. The minimum Gasteiger partial charge on any atom is -0.389 e. The summed E-state index contributed by atoms with van der Waals surface area (Å²) in [6.45, 7) is 6.30. The van der Waals surface area contributed by atoms with Gasteiger partial charge in [0, 0.05) is 30.4 Å². The van der Waals surface area contributed by atoms with E-state index in [1.807, 2.05) is 18.2 Å². The van der Waals surface area contributed by atoms with Crippen LogP contribution in [-0.4, -0.2) is 36.1 Å². The Hall–Kier alpha value is -0.840. The van der Waals surface area contributed by atoms with Crippen molar-refractivity contribution in [1.82, 2.24) is 4.90 Å². The standard InChI is InChI=1S/C14H22ClN3S/c1-4-10(2)18(3)8-7-17-11-5-6-12(14(16)19)13(15)9-11/h5-6,9-10,17H,4,7-8H2,1-3H3,(H2,16,19). The van der Waals surface area contributed by atoms with Crippen LogP contribution in [0.15, 0.2) is 18.2 Å². The molecule has 0 aliphatic rings. The van der Waals surface area contributed by atoms with Crippen molar-refractivity contribution in [3.8, 4) is 0 Å². The summed E-state index contributed by atoms with van der Waals surface area (Å²) in [5.74, 6) is 0. The number of halogens is 1. The lowest BCUT2D eigenvalue weighted by atomic mass is 10.2. The van der Waals surface area contributed by atoms with E-state index in [2.05, 4.69) is 31.1 Å². The molecule has 0 fully saturated rings. The second-order valence-electron chi connectivity index (χ2n) is 4.72. The maximum atomic E-state index is 6.12. The molecule has 0 radical (unpaired) electrons. The lowest BCUT2D eigenvalue weighted by Gasteiger charge is -2.23. The van der Waals surface area contributed by atoms with E-state index in [4.69, 9.17) is 29.6 Å². The van der Waals surface area contributed by atoms with Crippen LogP contribution in [-0.2, 0) is 0 Å². The van der Waals surface area contributed by atoms with E-state index in [9.17, 15) is 0 Å². The number of benzene rings is 1. The maximum absolute atomic E-state index is 6.12. The Labute approximate surface area is 126 Å². The van der Waals surface area contributed by atoms with Crippen LogP contribution in [0.4, 0.5) is 5.69 Å². The van der Waals surface area contributed by atoms with Gasteiger partial charge in [-0.2, -0.15) is 0 Å². The number of nitrogens with two attached hydrogens (primary N) is 1. The molecule has 5 heteroatoms. The minimum atomic E-state index is 0.327. The number of hydrogen-bond acceptors (Lipinski definition) is 3. The quantitative estimate of drug-likeness (QED) is 0.759. The van der Waals surface area contributed by atoms with Crippen LogP contribution in [0.25, 0.3) is 0 Å². The summed E-state index contributed by atoms with van der Waals surface area (Å²) >= 11 is 11.0. The number of nitrogens with zero attached hydrogens (tertiary/aromatic N) is 1. The normalized spacial score (nSPS) is 12.5. The summed E-state index contributed by atoms with van der Waals surface area (Å²) < 4.78 is 0. The highest BCUT2D eigenvalue weighted by Crippen LogP contribution is 2.20. The number of hydrogen-bond donors (Lipinski definition) is 2. The molecule has 0 saturated carbocycles. The highest BCUT2D eigenvalue weighted by Gasteiger charge is 2.07. The third-order valence-corrected chi connectivity index (χ3v) is 3.90. The molecule has 106 valence electrons. The van der Waals surface area contributed by atoms with Gasteiger partial charge in [-0.15, -0.1) is 0 Å². The number of nitrogens with one attached hydrogen (secondary N) is 1. The van der Waals surface area contributed by atoms with Crippen LogP contribution in [0.2, 0.25) is 5.02 Å². The SMILES string of the molecule is CCC(C)N(C)CCNc1ccc(C(N)=S)c(Cl)c1. The van der Waals surface area contributed by atoms with Crippen LogP contribution in [0, 0.1) is 0 Å². The molecule has 1 atom stereocenters.